The van der Waals surface area contributed by atoms with Gasteiger partial charge in [0.25, 0.3) is 0 Å². The lowest BCUT2D eigenvalue weighted by molar-refractivity contribution is -0.121. The number of carbonyl (C=O) groups excluding carboxylic acids is 1. The molecule has 0 aliphatic heterocycles. The predicted molar refractivity (Wildman–Crippen MR) is 119 cm³/mol. The number of carbonyl (C=O) groups is 1. The number of nitrogens with one attached hydrogen (secondary N) is 3. The Bertz CT molecular complexity index is 880. The maximum atomic E-state index is 13.7. The molecule has 1 amide bonds. The van der Waals surface area contributed by atoms with E-state index in [2.05, 4.69) is 31.3 Å². The maximum absolute atomic E-state index is 13.7. The minimum Gasteiger partial charge on any atom is -0.354 e. The van der Waals surface area contributed by atoms with Crippen molar-refractivity contribution in [3.63, 3.8) is 0 Å². The van der Waals surface area contributed by atoms with Crippen molar-refractivity contribution in [1.29, 1.82) is 0 Å². The molecule has 0 aliphatic rings. The van der Waals surface area contributed by atoms with Gasteiger partial charge in [-0.25, -0.2) is 8.78 Å². The second-order valence-electron chi connectivity index (χ2n) is 7.29. The number of halogens is 2. The molecule has 0 spiro atoms. The molecular weight excluding hydrogens is 418 g/mol. The van der Waals surface area contributed by atoms with E-state index >= 15 is 0 Å². The molecule has 0 unspecified atom stereocenters. The Morgan fingerprint density at radius 2 is 1.62 bits per heavy atom. The number of amides is 1. The summed E-state index contributed by atoms with van der Waals surface area (Å²) in [5.41, 5.74) is 6.45. The van der Waals surface area contributed by atoms with E-state index in [1.54, 1.807) is 13.8 Å². The summed E-state index contributed by atoms with van der Waals surface area (Å²) in [5.74, 6) is -1.77. The van der Waals surface area contributed by atoms with Crippen LogP contribution in [0.25, 0.3) is 0 Å². The van der Waals surface area contributed by atoms with Crippen molar-refractivity contribution >= 4 is 17.3 Å². The highest BCUT2D eigenvalue weighted by atomic mass is 19.1. The lowest BCUT2D eigenvalue weighted by atomic mass is 10.3. The van der Waals surface area contributed by atoms with Crippen LogP contribution in [0.1, 0.15) is 24.2 Å². The van der Waals surface area contributed by atoms with E-state index in [1.165, 1.54) is 10.7 Å². The van der Waals surface area contributed by atoms with Gasteiger partial charge in [0, 0.05) is 19.6 Å². The molecule has 5 N–H and O–H groups in total. The number of nitrogens with two attached hydrogens (primary N) is 1. The monoisotopic (exact) mass is 450 g/mol. The van der Waals surface area contributed by atoms with Crippen LogP contribution in [0.5, 0.6) is 0 Å². The molecule has 1 aromatic heterocycles. The lowest BCUT2D eigenvalue weighted by Gasteiger charge is -2.08. The highest BCUT2D eigenvalue weighted by Gasteiger charge is 2.14. The third-order valence-corrected chi connectivity index (χ3v) is 4.71. The van der Waals surface area contributed by atoms with Crippen LogP contribution in [0.2, 0.25) is 0 Å². The van der Waals surface area contributed by atoms with E-state index in [4.69, 9.17) is 5.73 Å². The molecule has 1 heterocycles. The average Bonchev–Trinajstić information content (AvgIpc) is 3.01. The first kappa shape index (κ1) is 25.5. The van der Waals surface area contributed by atoms with E-state index in [1.807, 2.05) is 0 Å². The van der Waals surface area contributed by atoms with Crippen molar-refractivity contribution in [2.75, 3.05) is 39.3 Å². The fourth-order valence-electron chi connectivity index (χ4n) is 2.96. The standard InChI is InChI=1S/C21H32F2N8O/c1-15-20(28-29-21-17(22)6-3-7-18(21)23)16(2)31(30-15)14-19(32)27-11-5-10-26-13-12-25-9-4-8-24/h3,6-7,25-26H,4-5,8-14,24H2,1-2H3,(H,27,32). The molecule has 1 aromatic carbocycles. The van der Waals surface area contributed by atoms with Crippen LogP contribution in [0.3, 0.4) is 0 Å². The highest BCUT2D eigenvalue weighted by molar-refractivity contribution is 5.75. The zero-order valence-corrected chi connectivity index (χ0v) is 18.6. The topological polar surface area (TPSA) is 122 Å². The predicted octanol–water partition coefficient (Wildman–Crippen LogP) is 2.23. The van der Waals surface area contributed by atoms with Crippen LogP contribution in [0, 0.1) is 25.5 Å². The van der Waals surface area contributed by atoms with Gasteiger partial charge < -0.3 is 21.7 Å². The Kier molecular flexibility index (Phi) is 10.8. The maximum Gasteiger partial charge on any atom is 0.241 e. The smallest absolute Gasteiger partial charge is 0.241 e. The minimum atomic E-state index is -0.798. The fourth-order valence-corrected chi connectivity index (χ4v) is 2.96. The number of hydrogen-bond acceptors (Lipinski definition) is 7. The van der Waals surface area contributed by atoms with E-state index in [0.29, 0.717) is 30.2 Å². The summed E-state index contributed by atoms with van der Waals surface area (Å²) in [6, 6.07) is 3.48. The SMILES string of the molecule is Cc1nn(CC(=O)NCCCNCCNCCCN)c(C)c1N=Nc1c(F)cccc1F. The summed E-state index contributed by atoms with van der Waals surface area (Å²) in [5, 5.41) is 21.4. The largest absolute Gasteiger partial charge is 0.354 e. The fraction of sp³-hybridized carbons (Fsp3) is 0.524. The van der Waals surface area contributed by atoms with Crippen LogP contribution in [-0.4, -0.2) is 55.0 Å². The van der Waals surface area contributed by atoms with Crippen molar-refractivity contribution in [2.24, 2.45) is 16.0 Å². The Labute approximate surface area is 186 Å². The van der Waals surface area contributed by atoms with Gasteiger partial charge in [0.15, 0.2) is 17.3 Å². The number of benzene rings is 1. The molecule has 2 rings (SSSR count). The van der Waals surface area contributed by atoms with Crippen LogP contribution >= 0.6 is 0 Å². The lowest BCUT2D eigenvalue weighted by Crippen LogP contribution is -2.32. The van der Waals surface area contributed by atoms with E-state index in [0.717, 1.165) is 51.2 Å². The summed E-state index contributed by atoms with van der Waals surface area (Å²) >= 11 is 0. The van der Waals surface area contributed by atoms with Crippen molar-refractivity contribution in [2.45, 2.75) is 33.2 Å². The van der Waals surface area contributed by atoms with Crippen molar-refractivity contribution < 1.29 is 13.6 Å². The van der Waals surface area contributed by atoms with Gasteiger partial charge in [0.2, 0.25) is 5.91 Å². The molecule has 0 saturated heterocycles. The number of aromatic nitrogens is 2. The molecular formula is C21H32F2N8O. The summed E-state index contributed by atoms with van der Waals surface area (Å²) in [6.07, 6.45) is 1.77. The van der Waals surface area contributed by atoms with E-state index in [9.17, 15) is 13.6 Å². The van der Waals surface area contributed by atoms with Gasteiger partial charge in [-0.2, -0.15) is 5.10 Å². The summed E-state index contributed by atoms with van der Waals surface area (Å²) in [6.45, 7) is 8.15. The zero-order valence-electron chi connectivity index (χ0n) is 18.6. The number of aryl methyl sites for hydroxylation is 1. The second kappa shape index (κ2) is 13.6. The van der Waals surface area contributed by atoms with Crippen LogP contribution < -0.4 is 21.7 Å². The van der Waals surface area contributed by atoms with Crippen LogP contribution in [0.15, 0.2) is 28.4 Å². The minimum absolute atomic E-state index is 0.0226. The normalized spacial score (nSPS) is 11.4. The molecule has 11 heteroatoms. The molecule has 9 nitrogen and oxygen atoms in total. The molecule has 0 aliphatic carbocycles. The van der Waals surface area contributed by atoms with Gasteiger partial charge in [0.05, 0.1) is 11.4 Å². The molecule has 176 valence electrons. The molecule has 0 radical (unpaired) electrons. The van der Waals surface area contributed by atoms with E-state index in [-0.39, 0.29) is 12.5 Å². The third kappa shape index (κ3) is 8.06. The molecule has 0 fully saturated rings. The van der Waals surface area contributed by atoms with Crippen molar-refractivity contribution in [3.8, 4) is 0 Å². The Balaban J connectivity index is 1.77. The number of rotatable bonds is 14. The van der Waals surface area contributed by atoms with Crippen LogP contribution in [-0.2, 0) is 11.3 Å². The Hall–Kier alpha value is -2.76. The molecule has 2 aromatic rings. The first-order valence-corrected chi connectivity index (χ1v) is 10.7. The third-order valence-electron chi connectivity index (χ3n) is 4.71. The first-order valence-electron chi connectivity index (χ1n) is 10.7. The van der Waals surface area contributed by atoms with Gasteiger partial charge >= 0.3 is 0 Å². The van der Waals surface area contributed by atoms with E-state index < -0.39 is 17.3 Å². The van der Waals surface area contributed by atoms with Crippen molar-refractivity contribution in [3.05, 3.63) is 41.2 Å². The van der Waals surface area contributed by atoms with Gasteiger partial charge in [-0.3, -0.25) is 9.48 Å². The Morgan fingerprint density at radius 3 is 2.28 bits per heavy atom. The molecule has 0 saturated carbocycles. The summed E-state index contributed by atoms with van der Waals surface area (Å²) in [4.78, 5) is 12.2. The second-order valence-corrected chi connectivity index (χ2v) is 7.29. The number of nitrogens with zero attached hydrogens (tertiary/aromatic N) is 4. The molecule has 0 atom stereocenters. The molecule has 0 bridgehead atoms. The number of azo groups is 1. The summed E-state index contributed by atoms with van der Waals surface area (Å²) < 4.78 is 29.0. The highest BCUT2D eigenvalue weighted by Crippen LogP contribution is 2.28. The summed E-state index contributed by atoms with van der Waals surface area (Å²) in [7, 11) is 0. The van der Waals surface area contributed by atoms with Crippen LogP contribution in [0.4, 0.5) is 20.2 Å². The quantitative estimate of drug-likeness (QED) is 0.260. The van der Waals surface area contributed by atoms with Gasteiger partial charge in [-0.1, -0.05) is 6.07 Å². The Morgan fingerprint density at radius 1 is 1.00 bits per heavy atom. The van der Waals surface area contributed by atoms with Crippen molar-refractivity contribution in [1.82, 2.24) is 25.7 Å². The first-order chi connectivity index (χ1) is 15.4. The van der Waals surface area contributed by atoms with Gasteiger partial charge in [0.1, 0.15) is 12.2 Å². The zero-order chi connectivity index (χ0) is 23.3. The van der Waals surface area contributed by atoms with Gasteiger partial charge in [-0.05, 0) is 58.5 Å². The number of hydrogen-bond donors (Lipinski definition) is 4. The average molecular weight is 451 g/mol. The van der Waals surface area contributed by atoms with Gasteiger partial charge in [-0.15, -0.1) is 10.2 Å². The molecule has 32 heavy (non-hydrogen) atoms.